The van der Waals surface area contributed by atoms with E-state index in [2.05, 4.69) is 34.4 Å². The smallest absolute Gasteiger partial charge is 0.251 e. The van der Waals surface area contributed by atoms with E-state index in [0.717, 1.165) is 17.4 Å². The number of nitrogens with one attached hydrogen (secondary N) is 2. The molecule has 0 aliphatic carbocycles. The molecule has 0 bridgehead atoms. The summed E-state index contributed by atoms with van der Waals surface area (Å²) in [6.07, 6.45) is 3.75. The van der Waals surface area contributed by atoms with Crippen LogP contribution >= 0.6 is 11.8 Å². The summed E-state index contributed by atoms with van der Waals surface area (Å²) in [7, 11) is -2.94. The summed E-state index contributed by atoms with van der Waals surface area (Å²) in [5.41, 5.74) is 1.47. The summed E-state index contributed by atoms with van der Waals surface area (Å²) >= 11 is 1.49. The Hall–Kier alpha value is -1.58. The van der Waals surface area contributed by atoms with Crippen LogP contribution in [0.25, 0.3) is 0 Å². The zero-order chi connectivity index (χ0) is 21.3. The third kappa shape index (κ3) is 5.00. The first-order valence-corrected chi connectivity index (χ1v) is 13.4. The number of amides is 1. The Bertz CT molecular complexity index is 907. The number of nitrogens with zero attached hydrogens (tertiary/aromatic N) is 2. The molecule has 164 valence electrons. The number of hydrogen-bond acceptors (Lipinski definition) is 7. The second-order valence-corrected chi connectivity index (χ2v) is 11.9. The summed E-state index contributed by atoms with van der Waals surface area (Å²) in [4.78, 5) is 19.4. The van der Waals surface area contributed by atoms with Gasteiger partial charge in [-0.2, -0.15) is 0 Å². The number of hydrogen-bond donors (Lipinski definition) is 2. The van der Waals surface area contributed by atoms with Crippen LogP contribution < -0.4 is 10.6 Å². The van der Waals surface area contributed by atoms with E-state index in [4.69, 9.17) is 0 Å². The molecule has 2 fully saturated rings. The van der Waals surface area contributed by atoms with Crippen molar-refractivity contribution < 1.29 is 13.2 Å². The van der Waals surface area contributed by atoms with E-state index in [0.29, 0.717) is 24.2 Å². The molecule has 1 aromatic rings. The van der Waals surface area contributed by atoms with Gasteiger partial charge in [0.15, 0.2) is 15.0 Å². The predicted molar refractivity (Wildman–Crippen MR) is 123 cm³/mol. The Morgan fingerprint density at radius 2 is 1.87 bits per heavy atom. The van der Waals surface area contributed by atoms with E-state index in [1.807, 2.05) is 12.1 Å². The zero-order valence-corrected chi connectivity index (χ0v) is 19.1. The van der Waals surface area contributed by atoms with Crippen molar-refractivity contribution in [3.63, 3.8) is 0 Å². The number of fused-ring (bicyclic) bond motifs is 1. The highest BCUT2D eigenvalue weighted by Crippen LogP contribution is 2.34. The summed E-state index contributed by atoms with van der Waals surface area (Å²) < 4.78 is 23.3. The normalized spacial score (nSPS) is 30.5. The van der Waals surface area contributed by atoms with Gasteiger partial charge in [-0.1, -0.05) is 18.2 Å². The fraction of sp³-hybridized carbons (Fsp3) is 0.619. The van der Waals surface area contributed by atoms with Gasteiger partial charge in [-0.25, -0.2) is 8.42 Å². The molecule has 3 heterocycles. The van der Waals surface area contributed by atoms with Gasteiger partial charge in [-0.05, 0) is 51.0 Å². The van der Waals surface area contributed by atoms with E-state index in [9.17, 15) is 13.2 Å². The molecule has 9 heteroatoms. The quantitative estimate of drug-likeness (QED) is 0.716. The van der Waals surface area contributed by atoms with Gasteiger partial charge in [-0.15, -0.1) is 0 Å². The van der Waals surface area contributed by atoms with Crippen LogP contribution in [0.4, 0.5) is 5.69 Å². The molecule has 1 amide bonds. The maximum Gasteiger partial charge on any atom is 0.251 e. The van der Waals surface area contributed by atoms with Crippen molar-refractivity contribution in [2.24, 2.45) is 4.99 Å². The van der Waals surface area contributed by atoms with E-state index < -0.39 is 9.84 Å². The van der Waals surface area contributed by atoms with Crippen LogP contribution in [0.5, 0.6) is 0 Å². The Labute approximate surface area is 183 Å². The third-order valence-corrected chi connectivity index (χ3v) is 9.39. The number of piperidine rings is 1. The van der Waals surface area contributed by atoms with Crippen LogP contribution in [-0.2, 0) is 9.84 Å². The largest absolute Gasteiger partial charge is 0.351 e. The topological polar surface area (TPSA) is 90.9 Å². The van der Waals surface area contributed by atoms with Gasteiger partial charge in [0.2, 0.25) is 0 Å². The highest BCUT2D eigenvalue weighted by molar-refractivity contribution is 8.15. The molecular formula is C21H30N4O3S2. The molecular weight excluding hydrogens is 420 g/mol. The molecule has 0 spiro atoms. The number of aliphatic imine (C=N–C) groups is 1. The van der Waals surface area contributed by atoms with Gasteiger partial charge in [-0.3, -0.25) is 14.7 Å². The molecule has 2 N–H and O–H groups in total. The second-order valence-electron chi connectivity index (χ2n) is 8.56. The molecule has 0 unspecified atom stereocenters. The van der Waals surface area contributed by atoms with E-state index in [1.165, 1.54) is 31.0 Å². The maximum atomic E-state index is 12.5. The molecule has 4 atom stereocenters. The number of likely N-dealkylation sites (tertiary alicyclic amines) is 1. The van der Waals surface area contributed by atoms with Crippen LogP contribution in [0.15, 0.2) is 29.3 Å². The molecule has 1 aromatic carbocycles. The SMILES string of the molecule is C[C@@H]1CCC[C@H](C)N1CCNC(=O)c1ccc(NC2=N[C@H]3CS(=O)(=O)C[C@@H]3S2)cc1. The lowest BCUT2D eigenvalue weighted by Crippen LogP contribution is -2.47. The summed E-state index contributed by atoms with van der Waals surface area (Å²) in [5.74, 6) is 0.279. The Kier molecular flexibility index (Phi) is 6.41. The van der Waals surface area contributed by atoms with Crippen LogP contribution in [0.3, 0.4) is 0 Å². The number of rotatable bonds is 5. The first kappa shape index (κ1) is 21.6. The molecule has 0 radical (unpaired) electrons. The molecule has 4 rings (SSSR count). The van der Waals surface area contributed by atoms with Gasteiger partial charge >= 0.3 is 0 Å². The summed E-state index contributed by atoms with van der Waals surface area (Å²) in [5, 5.41) is 7.04. The highest BCUT2D eigenvalue weighted by Gasteiger charge is 2.42. The van der Waals surface area contributed by atoms with Crippen molar-refractivity contribution in [3.05, 3.63) is 29.8 Å². The van der Waals surface area contributed by atoms with Gasteiger partial charge in [0.25, 0.3) is 5.91 Å². The maximum absolute atomic E-state index is 12.5. The number of benzene rings is 1. The third-order valence-electron chi connectivity index (χ3n) is 6.25. The molecule has 7 nitrogen and oxygen atoms in total. The Morgan fingerprint density at radius 1 is 1.17 bits per heavy atom. The summed E-state index contributed by atoms with van der Waals surface area (Å²) in [6, 6.07) is 8.33. The van der Waals surface area contributed by atoms with E-state index in [1.54, 1.807) is 12.1 Å². The lowest BCUT2D eigenvalue weighted by molar-refractivity contribution is 0.0889. The van der Waals surface area contributed by atoms with Crippen LogP contribution in [0, 0.1) is 0 Å². The standard InChI is InChI=1S/C21H30N4O3S2/c1-14-4-3-5-15(2)25(14)11-10-22-20(26)16-6-8-17(9-7-16)23-21-24-18-12-30(27,28)13-19(18)29-21/h6-9,14-15,18-19H,3-5,10-13H2,1-2H3,(H,22,26)(H,23,24)/t14-,15+,18-,19-/m0/s1. The lowest BCUT2D eigenvalue weighted by atomic mass is 9.98. The molecule has 0 saturated carbocycles. The molecule has 3 aliphatic heterocycles. The van der Waals surface area contributed by atoms with E-state index >= 15 is 0 Å². The summed E-state index contributed by atoms with van der Waals surface area (Å²) in [6.45, 7) is 6.06. The number of carbonyl (C=O) groups is 1. The first-order chi connectivity index (χ1) is 14.3. The number of amidine groups is 1. The van der Waals surface area contributed by atoms with Gasteiger partial charge in [0, 0.05) is 41.7 Å². The molecule has 3 aliphatic rings. The number of sulfone groups is 1. The minimum atomic E-state index is -2.94. The van der Waals surface area contributed by atoms with Crippen molar-refractivity contribution in [2.45, 2.75) is 56.5 Å². The van der Waals surface area contributed by atoms with Crippen molar-refractivity contribution in [1.82, 2.24) is 10.2 Å². The average molecular weight is 451 g/mol. The van der Waals surface area contributed by atoms with Gasteiger partial charge in [0.1, 0.15) is 0 Å². The minimum Gasteiger partial charge on any atom is -0.351 e. The Morgan fingerprint density at radius 3 is 2.53 bits per heavy atom. The Balaban J connectivity index is 1.26. The van der Waals surface area contributed by atoms with Crippen molar-refractivity contribution in [2.75, 3.05) is 29.9 Å². The molecule has 0 aromatic heterocycles. The lowest BCUT2D eigenvalue weighted by Gasteiger charge is -2.39. The molecule has 30 heavy (non-hydrogen) atoms. The highest BCUT2D eigenvalue weighted by atomic mass is 32.2. The monoisotopic (exact) mass is 450 g/mol. The fourth-order valence-electron chi connectivity index (χ4n) is 4.56. The molecule has 2 saturated heterocycles. The number of carbonyl (C=O) groups excluding carboxylic acids is 1. The van der Waals surface area contributed by atoms with Crippen LogP contribution in [-0.4, -0.2) is 72.4 Å². The van der Waals surface area contributed by atoms with Crippen LogP contribution in [0.2, 0.25) is 0 Å². The average Bonchev–Trinajstić information content (AvgIpc) is 3.17. The zero-order valence-electron chi connectivity index (χ0n) is 17.5. The van der Waals surface area contributed by atoms with Gasteiger partial charge in [0.05, 0.1) is 17.5 Å². The van der Waals surface area contributed by atoms with Crippen LogP contribution in [0.1, 0.15) is 43.5 Å². The predicted octanol–water partition coefficient (Wildman–Crippen LogP) is 2.36. The second kappa shape index (κ2) is 8.88. The van der Waals surface area contributed by atoms with E-state index in [-0.39, 0.29) is 28.7 Å². The minimum absolute atomic E-state index is 0.0212. The number of thioether (sulfide) groups is 1. The first-order valence-electron chi connectivity index (χ1n) is 10.7. The number of anilines is 1. The van der Waals surface area contributed by atoms with Gasteiger partial charge < -0.3 is 10.6 Å². The van der Waals surface area contributed by atoms with Crippen molar-refractivity contribution in [3.8, 4) is 0 Å². The van der Waals surface area contributed by atoms with Crippen molar-refractivity contribution in [1.29, 1.82) is 0 Å². The fourth-order valence-corrected chi connectivity index (χ4v) is 8.24. The van der Waals surface area contributed by atoms with Crippen molar-refractivity contribution >= 4 is 38.4 Å².